The summed E-state index contributed by atoms with van der Waals surface area (Å²) in [7, 11) is -0.287. The van der Waals surface area contributed by atoms with Gasteiger partial charge in [-0.3, -0.25) is 10.1 Å². The lowest BCUT2D eigenvalue weighted by Gasteiger charge is -2.32. The van der Waals surface area contributed by atoms with E-state index in [9.17, 15) is 13.2 Å². The van der Waals surface area contributed by atoms with Gasteiger partial charge in [0.05, 0.1) is 12.8 Å². The number of nitrogens with zero attached hydrogens (tertiary/aromatic N) is 3. The monoisotopic (exact) mass is 464 g/mol. The van der Waals surface area contributed by atoms with Crippen molar-refractivity contribution in [2.75, 3.05) is 32.6 Å². The van der Waals surface area contributed by atoms with Gasteiger partial charge in [0.15, 0.2) is 5.13 Å². The van der Waals surface area contributed by atoms with Crippen LogP contribution in [0.2, 0.25) is 0 Å². The number of amides is 1. The Morgan fingerprint density at radius 2 is 2.10 bits per heavy atom. The second-order valence-electron chi connectivity index (χ2n) is 8.16. The number of rotatable bonds is 5. The van der Waals surface area contributed by atoms with E-state index in [-0.39, 0.29) is 28.2 Å². The molecule has 0 unspecified atom stereocenters. The number of ether oxygens (including phenoxy) is 1. The van der Waals surface area contributed by atoms with Crippen molar-refractivity contribution in [3.63, 3.8) is 0 Å². The van der Waals surface area contributed by atoms with Crippen molar-refractivity contribution >= 4 is 32.4 Å². The summed E-state index contributed by atoms with van der Waals surface area (Å²) < 4.78 is 33.6. The van der Waals surface area contributed by atoms with Crippen molar-refractivity contribution < 1.29 is 17.9 Å². The largest absolute Gasteiger partial charge is 0.495 e. The minimum atomic E-state index is -3.78. The van der Waals surface area contributed by atoms with Gasteiger partial charge in [0, 0.05) is 42.5 Å². The summed E-state index contributed by atoms with van der Waals surface area (Å²) in [4.78, 5) is 20.8. The van der Waals surface area contributed by atoms with E-state index >= 15 is 0 Å². The first-order chi connectivity index (χ1) is 14.8. The van der Waals surface area contributed by atoms with Gasteiger partial charge in [-0.25, -0.2) is 13.4 Å². The van der Waals surface area contributed by atoms with Gasteiger partial charge in [-0.15, -0.1) is 11.3 Å². The third kappa shape index (κ3) is 4.48. The molecule has 2 aliphatic heterocycles. The van der Waals surface area contributed by atoms with Crippen LogP contribution in [-0.2, 0) is 23.0 Å². The standard InChI is InChI=1S/C21H28N4O4S2/c1-14-6-4-5-10-25(14)31(27,28)19-12-15(7-8-17(19)29-3)20(26)23-21-22-16-9-11-24(2)13-18(16)30-21/h7-8,12,14H,4-6,9-11,13H2,1-3H3,(H,22,23,26)/t14-/m0/s1. The quantitative estimate of drug-likeness (QED) is 0.732. The third-order valence-corrected chi connectivity index (χ3v) is 8.93. The van der Waals surface area contributed by atoms with Crippen LogP contribution in [0.15, 0.2) is 23.1 Å². The SMILES string of the molecule is COc1ccc(C(=O)Nc2nc3c(s2)CN(C)CC3)cc1S(=O)(=O)N1CCCC[C@@H]1C. The summed E-state index contributed by atoms with van der Waals surface area (Å²) in [5, 5.41) is 3.37. The number of nitrogens with one attached hydrogen (secondary N) is 1. The van der Waals surface area contributed by atoms with E-state index in [0.717, 1.165) is 49.3 Å². The van der Waals surface area contributed by atoms with Crippen molar-refractivity contribution in [2.24, 2.45) is 0 Å². The Hall–Kier alpha value is -2.01. The summed E-state index contributed by atoms with van der Waals surface area (Å²) in [6.07, 6.45) is 3.53. The Bertz CT molecular complexity index is 1080. The van der Waals surface area contributed by atoms with Gasteiger partial charge in [-0.2, -0.15) is 4.31 Å². The fraction of sp³-hybridized carbons (Fsp3) is 0.524. The lowest BCUT2D eigenvalue weighted by molar-refractivity contribution is 0.102. The van der Waals surface area contributed by atoms with Crippen LogP contribution < -0.4 is 10.1 Å². The van der Waals surface area contributed by atoms with Gasteiger partial charge >= 0.3 is 0 Å². The number of carbonyl (C=O) groups is 1. The van der Waals surface area contributed by atoms with Crippen molar-refractivity contribution in [1.29, 1.82) is 0 Å². The van der Waals surface area contributed by atoms with Crippen LogP contribution in [0.25, 0.3) is 0 Å². The van der Waals surface area contributed by atoms with Crippen LogP contribution in [0.5, 0.6) is 5.75 Å². The number of benzene rings is 1. The normalized spacial score (nSPS) is 20.3. The lowest BCUT2D eigenvalue weighted by atomic mass is 10.1. The highest BCUT2D eigenvalue weighted by Gasteiger charge is 2.33. The average Bonchev–Trinajstić information content (AvgIpc) is 3.14. The Balaban J connectivity index is 1.60. The van der Waals surface area contributed by atoms with Gasteiger partial charge in [0.1, 0.15) is 10.6 Å². The molecule has 0 radical (unpaired) electrons. The number of hydrogen-bond donors (Lipinski definition) is 1. The summed E-state index contributed by atoms with van der Waals surface area (Å²) in [5.74, 6) is -0.146. The third-order valence-electron chi connectivity index (χ3n) is 5.90. The molecule has 2 aliphatic rings. The summed E-state index contributed by atoms with van der Waals surface area (Å²) in [6.45, 7) is 4.16. The molecule has 1 amide bonds. The zero-order chi connectivity index (χ0) is 22.2. The highest BCUT2D eigenvalue weighted by Crippen LogP contribution is 2.32. The second kappa shape index (κ2) is 8.85. The second-order valence-corrected chi connectivity index (χ2v) is 11.1. The fourth-order valence-electron chi connectivity index (χ4n) is 4.12. The van der Waals surface area contributed by atoms with Crippen molar-refractivity contribution in [2.45, 2.75) is 50.1 Å². The molecular formula is C21H28N4O4S2. The van der Waals surface area contributed by atoms with Gasteiger partial charge in [-0.05, 0) is 45.0 Å². The topological polar surface area (TPSA) is 91.8 Å². The lowest BCUT2D eigenvalue weighted by Crippen LogP contribution is -2.42. The molecule has 1 N–H and O–H groups in total. The number of fused-ring (bicyclic) bond motifs is 1. The first-order valence-corrected chi connectivity index (χ1v) is 12.7. The Labute approximate surface area is 187 Å². The number of aromatic nitrogens is 1. The van der Waals surface area contributed by atoms with Crippen LogP contribution in [0.1, 0.15) is 47.1 Å². The molecule has 0 bridgehead atoms. The van der Waals surface area contributed by atoms with Crippen LogP contribution in [-0.4, -0.2) is 61.8 Å². The number of methoxy groups -OCH3 is 1. The predicted octanol–water partition coefficient (Wildman–Crippen LogP) is 2.96. The molecular weight excluding hydrogens is 436 g/mol. The maximum absolute atomic E-state index is 13.4. The molecule has 1 saturated heterocycles. The Morgan fingerprint density at radius 1 is 1.29 bits per heavy atom. The van der Waals surface area contributed by atoms with E-state index < -0.39 is 10.0 Å². The Morgan fingerprint density at radius 3 is 2.84 bits per heavy atom. The van der Waals surface area contributed by atoms with E-state index in [4.69, 9.17) is 4.74 Å². The molecule has 3 heterocycles. The maximum Gasteiger partial charge on any atom is 0.257 e. The van der Waals surface area contributed by atoms with Gasteiger partial charge in [-0.1, -0.05) is 6.42 Å². The molecule has 0 spiro atoms. The maximum atomic E-state index is 13.4. The fourth-order valence-corrected chi connectivity index (χ4v) is 7.09. The van der Waals surface area contributed by atoms with E-state index in [1.54, 1.807) is 6.07 Å². The zero-order valence-electron chi connectivity index (χ0n) is 18.1. The number of thiazole rings is 1. The minimum absolute atomic E-state index is 0.0245. The molecule has 1 aromatic carbocycles. The molecule has 1 aromatic heterocycles. The van der Waals surface area contributed by atoms with Gasteiger partial charge in [0.25, 0.3) is 5.91 Å². The highest BCUT2D eigenvalue weighted by molar-refractivity contribution is 7.89. The summed E-state index contributed by atoms with van der Waals surface area (Å²) >= 11 is 1.47. The molecule has 1 atom stereocenters. The summed E-state index contributed by atoms with van der Waals surface area (Å²) in [5.41, 5.74) is 1.28. The van der Waals surface area contributed by atoms with E-state index in [2.05, 4.69) is 22.2 Å². The first kappa shape index (κ1) is 22.2. The van der Waals surface area contributed by atoms with Crippen molar-refractivity contribution in [3.05, 3.63) is 34.3 Å². The van der Waals surface area contributed by atoms with E-state index in [0.29, 0.717) is 11.7 Å². The van der Waals surface area contributed by atoms with Crippen molar-refractivity contribution in [1.82, 2.24) is 14.2 Å². The van der Waals surface area contributed by atoms with Crippen LogP contribution in [0.3, 0.4) is 0 Å². The van der Waals surface area contributed by atoms with Crippen LogP contribution in [0, 0.1) is 0 Å². The van der Waals surface area contributed by atoms with Crippen molar-refractivity contribution in [3.8, 4) is 5.75 Å². The number of anilines is 1. The molecule has 168 valence electrons. The van der Waals surface area contributed by atoms with E-state index in [1.807, 2.05) is 6.92 Å². The molecule has 2 aromatic rings. The van der Waals surface area contributed by atoms with Gasteiger partial charge < -0.3 is 9.64 Å². The zero-order valence-corrected chi connectivity index (χ0v) is 19.7. The first-order valence-electron chi connectivity index (χ1n) is 10.5. The van der Waals surface area contributed by atoms with Gasteiger partial charge in [0.2, 0.25) is 10.0 Å². The van der Waals surface area contributed by atoms with E-state index in [1.165, 1.54) is 34.9 Å². The molecule has 10 heteroatoms. The number of carbonyl (C=O) groups excluding carboxylic acids is 1. The number of likely N-dealkylation sites (N-methyl/N-ethyl adjacent to an activating group) is 1. The van der Waals surface area contributed by atoms with Crippen LogP contribution >= 0.6 is 11.3 Å². The number of sulfonamides is 1. The minimum Gasteiger partial charge on any atom is -0.495 e. The molecule has 0 saturated carbocycles. The summed E-state index contributed by atoms with van der Waals surface area (Å²) in [6, 6.07) is 4.44. The number of piperidine rings is 1. The molecule has 4 rings (SSSR count). The average molecular weight is 465 g/mol. The molecule has 31 heavy (non-hydrogen) atoms. The van der Waals surface area contributed by atoms with Crippen LogP contribution in [0.4, 0.5) is 5.13 Å². The molecule has 8 nitrogen and oxygen atoms in total. The molecule has 1 fully saturated rings. The molecule has 0 aliphatic carbocycles. The number of hydrogen-bond acceptors (Lipinski definition) is 7. The smallest absolute Gasteiger partial charge is 0.257 e. The highest BCUT2D eigenvalue weighted by atomic mass is 32.2. The Kier molecular flexibility index (Phi) is 6.34. The predicted molar refractivity (Wildman–Crippen MR) is 120 cm³/mol.